The summed E-state index contributed by atoms with van der Waals surface area (Å²) in [6.45, 7) is 0. The third kappa shape index (κ3) is 4.58. The summed E-state index contributed by atoms with van der Waals surface area (Å²) in [5.74, 6) is 0. The Kier molecular flexibility index (Phi) is 6.28. The molecule has 0 spiro atoms. The van der Waals surface area contributed by atoms with E-state index in [1.165, 1.54) is 0 Å². The zero-order valence-corrected chi connectivity index (χ0v) is 6.79. The van der Waals surface area contributed by atoms with Crippen molar-refractivity contribution in [1.29, 1.82) is 0 Å². The number of rotatable bonds is 0. The van der Waals surface area contributed by atoms with E-state index >= 15 is 0 Å². The van der Waals surface area contributed by atoms with Crippen LogP contribution in [0.1, 0.15) is 0 Å². The minimum atomic E-state index is 0.794. The second-order valence-electron chi connectivity index (χ2n) is 1.30. The first-order valence-electron chi connectivity index (χ1n) is 2.24. The molecule has 1 rings (SSSR count). The first-order valence-corrected chi connectivity index (χ1v) is 3.76. The minimum absolute atomic E-state index is 0.794. The average molecular weight is 183 g/mol. The van der Waals surface area contributed by atoms with Crippen molar-refractivity contribution in [3.05, 3.63) is 35.4 Å². The van der Waals surface area contributed by atoms with Crippen LogP contribution in [0.15, 0.2) is 30.3 Å². The number of halogens is 3. The van der Waals surface area contributed by atoms with Crippen molar-refractivity contribution in [1.82, 2.24) is 0 Å². The predicted molar refractivity (Wildman–Crippen MR) is 43.2 cm³/mol. The van der Waals surface area contributed by atoms with Crippen LogP contribution in [0.4, 0.5) is 0 Å². The van der Waals surface area contributed by atoms with Gasteiger partial charge < -0.3 is 0 Å². The largest absolute Gasteiger partial charge is 0.0843 e. The van der Waals surface area contributed by atoms with Gasteiger partial charge >= 0.3 is 0 Å². The highest BCUT2D eigenvalue weighted by molar-refractivity contribution is 6.85. The van der Waals surface area contributed by atoms with Gasteiger partial charge in [0.25, 0.3) is 0 Å². The van der Waals surface area contributed by atoms with Crippen LogP contribution in [0.2, 0.25) is 5.02 Å². The number of benzene rings is 1. The Morgan fingerprint density at radius 2 is 1.33 bits per heavy atom. The van der Waals surface area contributed by atoms with E-state index in [0.29, 0.717) is 0 Å². The molecule has 0 fully saturated rings. The Labute approximate surface area is 68.9 Å². The van der Waals surface area contributed by atoms with Crippen LogP contribution >= 0.6 is 33.3 Å². The summed E-state index contributed by atoms with van der Waals surface area (Å²) in [7, 11) is 8.22. The normalized spacial score (nSPS) is 7.44. The molecule has 1 aromatic carbocycles. The number of hydrogen-bond donors (Lipinski definition) is 0. The fourth-order valence-corrected chi connectivity index (χ4v) is 0.560. The molecular weight excluding hydrogens is 178 g/mol. The molecular formula is C6H5Cl3. The van der Waals surface area contributed by atoms with E-state index in [9.17, 15) is 0 Å². The summed E-state index contributed by atoms with van der Waals surface area (Å²) in [6.07, 6.45) is 0. The molecule has 0 amide bonds. The van der Waals surface area contributed by atoms with Gasteiger partial charge in [0.1, 0.15) is 0 Å². The van der Waals surface area contributed by atoms with Crippen molar-refractivity contribution in [2.24, 2.45) is 0 Å². The van der Waals surface area contributed by atoms with Crippen LogP contribution in [0.25, 0.3) is 0 Å². The number of hydrogen-bond acceptors (Lipinski definition) is 0. The average Bonchev–Trinajstić information content (AvgIpc) is 1.94. The van der Waals surface area contributed by atoms with Crippen LogP contribution in [0.5, 0.6) is 0 Å². The molecule has 0 aromatic heterocycles. The lowest BCUT2D eigenvalue weighted by molar-refractivity contribution is 1.71. The summed E-state index contributed by atoms with van der Waals surface area (Å²) in [6, 6.07) is 9.44. The molecule has 0 saturated heterocycles. The van der Waals surface area contributed by atoms with Crippen LogP contribution in [-0.4, -0.2) is 0 Å². The predicted octanol–water partition coefficient (Wildman–Crippen LogP) is 3.72. The lowest BCUT2D eigenvalue weighted by Crippen LogP contribution is -1.55. The summed E-state index contributed by atoms with van der Waals surface area (Å²) in [5.41, 5.74) is 0. The Morgan fingerprint density at radius 3 is 1.56 bits per heavy atom. The van der Waals surface area contributed by atoms with Crippen molar-refractivity contribution >= 4 is 33.3 Å². The Hall–Kier alpha value is 0.0900. The summed E-state index contributed by atoms with van der Waals surface area (Å²) in [4.78, 5) is 0. The lowest BCUT2D eigenvalue weighted by atomic mass is 10.4. The molecule has 0 atom stereocenters. The molecule has 0 unspecified atom stereocenters. The summed E-state index contributed by atoms with van der Waals surface area (Å²) in [5, 5.41) is 0.794. The fraction of sp³-hybridized carbons (Fsp3) is 0. The third-order valence-corrected chi connectivity index (χ3v) is 0.985. The maximum absolute atomic E-state index is 5.54. The third-order valence-electron chi connectivity index (χ3n) is 0.733. The second kappa shape index (κ2) is 6.21. The van der Waals surface area contributed by atoms with Crippen LogP contribution in [0.3, 0.4) is 0 Å². The van der Waals surface area contributed by atoms with Gasteiger partial charge in [0.15, 0.2) is 0 Å². The zero-order valence-electron chi connectivity index (χ0n) is 4.52. The monoisotopic (exact) mass is 182 g/mol. The Balaban J connectivity index is 0.000000291. The maximum atomic E-state index is 5.54. The van der Waals surface area contributed by atoms with Gasteiger partial charge in [-0.15, -0.1) is 0 Å². The van der Waals surface area contributed by atoms with Crippen molar-refractivity contribution in [2.75, 3.05) is 0 Å². The first kappa shape index (κ1) is 9.09. The SMILES string of the molecule is ClCl.Clc1ccccc1. The zero-order chi connectivity index (χ0) is 7.11. The van der Waals surface area contributed by atoms with Gasteiger partial charge in [-0.1, -0.05) is 29.8 Å². The van der Waals surface area contributed by atoms with Gasteiger partial charge in [0.2, 0.25) is 0 Å². The molecule has 0 aliphatic rings. The quantitative estimate of drug-likeness (QED) is 0.575. The Bertz CT molecular complexity index is 138. The molecule has 0 nitrogen and oxygen atoms in total. The molecule has 50 valence electrons. The van der Waals surface area contributed by atoms with Crippen LogP contribution < -0.4 is 0 Å². The van der Waals surface area contributed by atoms with Crippen molar-refractivity contribution in [3.8, 4) is 0 Å². The molecule has 0 heterocycles. The van der Waals surface area contributed by atoms with Gasteiger partial charge in [-0.3, -0.25) is 0 Å². The first-order chi connectivity index (χ1) is 4.39. The van der Waals surface area contributed by atoms with Crippen LogP contribution in [0, 0.1) is 0 Å². The van der Waals surface area contributed by atoms with E-state index in [0.717, 1.165) is 5.02 Å². The topological polar surface area (TPSA) is 0 Å². The van der Waals surface area contributed by atoms with E-state index in [4.69, 9.17) is 11.6 Å². The molecule has 0 saturated carbocycles. The summed E-state index contributed by atoms with van der Waals surface area (Å²) >= 11 is 5.54. The van der Waals surface area contributed by atoms with Gasteiger partial charge in [0.05, 0.1) is 0 Å². The highest BCUT2D eigenvalue weighted by Crippen LogP contribution is 2.03. The minimum Gasteiger partial charge on any atom is -0.0843 e. The van der Waals surface area contributed by atoms with Crippen molar-refractivity contribution < 1.29 is 0 Å². The Morgan fingerprint density at radius 1 is 0.889 bits per heavy atom. The highest BCUT2D eigenvalue weighted by Gasteiger charge is 1.74. The van der Waals surface area contributed by atoms with E-state index in [1.54, 1.807) is 0 Å². The molecule has 0 radical (unpaired) electrons. The lowest BCUT2D eigenvalue weighted by Gasteiger charge is -1.80. The highest BCUT2D eigenvalue weighted by atomic mass is 36.5. The fourth-order valence-electron chi connectivity index (χ4n) is 0.415. The van der Waals surface area contributed by atoms with Crippen LogP contribution in [-0.2, 0) is 0 Å². The van der Waals surface area contributed by atoms with E-state index in [-0.39, 0.29) is 0 Å². The van der Waals surface area contributed by atoms with E-state index in [1.807, 2.05) is 30.3 Å². The van der Waals surface area contributed by atoms with Crippen molar-refractivity contribution in [3.63, 3.8) is 0 Å². The van der Waals surface area contributed by atoms with Gasteiger partial charge in [0, 0.05) is 26.7 Å². The van der Waals surface area contributed by atoms with E-state index < -0.39 is 0 Å². The van der Waals surface area contributed by atoms with Gasteiger partial charge in [-0.2, -0.15) is 0 Å². The van der Waals surface area contributed by atoms with E-state index in [2.05, 4.69) is 21.7 Å². The smallest absolute Gasteiger partial charge is 0.0405 e. The molecule has 0 bridgehead atoms. The van der Waals surface area contributed by atoms with Gasteiger partial charge in [-0.25, -0.2) is 0 Å². The molecule has 0 aliphatic carbocycles. The summed E-state index contributed by atoms with van der Waals surface area (Å²) < 4.78 is 0. The van der Waals surface area contributed by atoms with Crippen molar-refractivity contribution in [2.45, 2.75) is 0 Å². The molecule has 0 aliphatic heterocycles. The molecule has 3 heteroatoms. The molecule has 9 heavy (non-hydrogen) atoms. The molecule has 0 N–H and O–H groups in total. The molecule has 1 aromatic rings. The standard InChI is InChI=1S/C6H5Cl.Cl2/c7-6-4-2-1-3-5-6;1-2/h1-5H;. The second-order valence-corrected chi connectivity index (χ2v) is 1.73. The maximum Gasteiger partial charge on any atom is 0.0405 e. The van der Waals surface area contributed by atoms with Gasteiger partial charge in [-0.05, 0) is 12.1 Å².